The van der Waals surface area contributed by atoms with Crippen molar-refractivity contribution >= 4 is 11.6 Å². The molecule has 0 saturated carbocycles. The van der Waals surface area contributed by atoms with Crippen molar-refractivity contribution in [1.29, 1.82) is 0 Å². The molecule has 0 aliphatic heterocycles. The Morgan fingerprint density at radius 2 is 2.28 bits per heavy atom. The minimum atomic E-state index is -0.582. The third-order valence-electron chi connectivity index (χ3n) is 2.36. The zero-order valence-electron chi connectivity index (χ0n) is 10.7. The lowest BCUT2D eigenvalue weighted by atomic mass is 10.2. The van der Waals surface area contributed by atoms with Crippen LogP contribution in [-0.2, 0) is 4.79 Å². The van der Waals surface area contributed by atoms with E-state index in [1.165, 1.54) is 0 Å². The topological polar surface area (TPSA) is 64.4 Å². The zero-order valence-corrected chi connectivity index (χ0v) is 10.7. The normalized spacial score (nSPS) is 11.7. The van der Waals surface area contributed by atoms with Crippen molar-refractivity contribution in [2.24, 2.45) is 5.73 Å². The number of hydrogen-bond donors (Lipinski definition) is 2. The van der Waals surface area contributed by atoms with Gasteiger partial charge in [0.1, 0.15) is 5.75 Å². The summed E-state index contributed by atoms with van der Waals surface area (Å²) in [6, 6.07) is 6.74. The van der Waals surface area contributed by atoms with Crippen molar-refractivity contribution in [3.05, 3.63) is 36.9 Å². The Morgan fingerprint density at radius 3 is 2.94 bits per heavy atom. The third-order valence-corrected chi connectivity index (χ3v) is 2.36. The average molecular weight is 248 g/mol. The predicted octanol–water partition coefficient (Wildman–Crippen LogP) is 2.32. The fourth-order valence-corrected chi connectivity index (χ4v) is 1.42. The lowest BCUT2D eigenvalue weighted by Crippen LogP contribution is -2.35. The number of anilines is 1. The highest BCUT2D eigenvalue weighted by Gasteiger charge is 2.13. The second-order valence-corrected chi connectivity index (χ2v) is 3.96. The summed E-state index contributed by atoms with van der Waals surface area (Å²) in [7, 11) is 0. The molecule has 0 aliphatic rings. The molecule has 4 heteroatoms. The van der Waals surface area contributed by atoms with Crippen LogP contribution in [0.1, 0.15) is 19.8 Å². The third kappa shape index (κ3) is 4.22. The highest BCUT2D eigenvalue weighted by Crippen LogP contribution is 2.24. The maximum Gasteiger partial charge on any atom is 0.241 e. The van der Waals surface area contributed by atoms with Crippen LogP contribution in [0.25, 0.3) is 0 Å². The molecule has 0 heterocycles. The zero-order chi connectivity index (χ0) is 13.4. The number of amides is 1. The van der Waals surface area contributed by atoms with Gasteiger partial charge in [-0.15, -0.1) is 6.58 Å². The van der Waals surface area contributed by atoms with Crippen molar-refractivity contribution in [3.63, 3.8) is 0 Å². The molecule has 0 fully saturated rings. The number of hydrogen-bond acceptors (Lipinski definition) is 3. The van der Waals surface area contributed by atoms with E-state index < -0.39 is 6.04 Å². The average Bonchev–Trinajstić information content (AvgIpc) is 2.38. The molecule has 18 heavy (non-hydrogen) atoms. The maximum absolute atomic E-state index is 11.8. The monoisotopic (exact) mass is 248 g/mol. The first-order valence-corrected chi connectivity index (χ1v) is 6.08. The van der Waals surface area contributed by atoms with Crippen LogP contribution in [0, 0.1) is 0 Å². The van der Waals surface area contributed by atoms with Crippen molar-refractivity contribution in [2.45, 2.75) is 25.8 Å². The van der Waals surface area contributed by atoms with Gasteiger partial charge in [-0.3, -0.25) is 4.79 Å². The van der Waals surface area contributed by atoms with Gasteiger partial charge in [0.25, 0.3) is 0 Å². The quantitative estimate of drug-likeness (QED) is 0.728. The molecule has 0 bridgehead atoms. The van der Waals surface area contributed by atoms with Crippen LogP contribution in [0.15, 0.2) is 36.9 Å². The van der Waals surface area contributed by atoms with Gasteiger partial charge in [-0.25, -0.2) is 0 Å². The minimum Gasteiger partial charge on any atom is -0.491 e. The van der Waals surface area contributed by atoms with Crippen LogP contribution in [-0.4, -0.2) is 18.6 Å². The Kier molecular flexibility index (Phi) is 5.94. The Bertz CT molecular complexity index is 405. The van der Waals surface area contributed by atoms with Gasteiger partial charge >= 0.3 is 0 Å². The van der Waals surface area contributed by atoms with Crippen LogP contribution in [0.5, 0.6) is 5.75 Å². The number of nitrogens with two attached hydrogens (primary N) is 1. The van der Waals surface area contributed by atoms with Gasteiger partial charge in [0.2, 0.25) is 5.91 Å². The highest BCUT2D eigenvalue weighted by atomic mass is 16.5. The molecular weight excluding hydrogens is 228 g/mol. The van der Waals surface area contributed by atoms with E-state index in [4.69, 9.17) is 10.5 Å². The molecule has 98 valence electrons. The summed E-state index contributed by atoms with van der Waals surface area (Å²) in [5, 5.41) is 2.77. The molecule has 1 atom stereocenters. The van der Waals surface area contributed by atoms with Crippen LogP contribution in [0.4, 0.5) is 5.69 Å². The predicted molar refractivity (Wildman–Crippen MR) is 73.6 cm³/mol. The summed E-state index contributed by atoms with van der Waals surface area (Å²) in [5.41, 5.74) is 6.35. The second-order valence-electron chi connectivity index (χ2n) is 3.96. The number of benzene rings is 1. The van der Waals surface area contributed by atoms with Gasteiger partial charge in [-0.2, -0.15) is 0 Å². The Hall–Kier alpha value is -1.81. The summed E-state index contributed by atoms with van der Waals surface area (Å²) in [5.74, 6) is 0.431. The van der Waals surface area contributed by atoms with Crippen LogP contribution in [0.2, 0.25) is 0 Å². The van der Waals surface area contributed by atoms with Gasteiger partial charge in [0.15, 0.2) is 0 Å². The second kappa shape index (κ2) is 7.50. The number of nitrogens with one attached hydrogen (secondary N) is 1. The maximum atomic E-state index is 11.8. The molecular formula is C14H20N2O2. The summed E-state index contributed by atoms with van der Waals surface area (Å²) >= 11 is 0. The summed E-state index contributed by atoms with van der Waals surface area (Å²) in [6.07, 6.45) is 2.99. The Morgan fingerprint density at radius 1 is 1.56 bits per heavy atom. The fraction of sp³-hybridized carbons (Fsp3) is 0.357. The smallest absolute Gasteiger partial charge is 0.241 e. The first-order valence-electron chi connectivity index (χ1n) is 6.08. The number of para-hydroxylation sites is 2. The van der Waals surface area contributed by atoms with Gasteiger partial charge in [0, 0.05) is 0 Å². The van der Waals surface area contributed by atoms with Crippen molar-refractivity contribution in [3.8, 4) is 5.75 Å². The molecule has 3 N–H and O–H groups in total. The Balaban J connectivity index is 2.70. The fourth-order valence-electron chi connectivity index (χ4n) is 1.42. The van der Waals surface area contributed by atoms with Gasteiger partial charge in [0.05, 0.1) is 18.3 Å². The molecule has 0 aliphatic carbocycles. The highest BCUT2D eigenvalue weighted by molar-refractivity contribution is 5.96. The van der Waals surface area contributed by atoms with E-state index in [0.29, 0.717) is 24.5 Å². The molecule has 4 nitrogen and oxygen atoms in total. The lowest BCUT2D eigenvalue weighted by Gasteiger charge is -2.14. The van der Waals surface area contributed by atoms with Crippen LogP contribution >= 0.6 is 0 Å². The summed E-state index contributed by atoms with van der Waals surface area (Å²) in [6.45, 7) is 6.21. The van der Waals surface area contributed by atoms with E-state index in [2.05, 4.69) is 11.9 Å². The van der Waals surface area contributed by atoms with Crippen molar-refractivity contribution in [1.82, 2.24) is 0 Å². The SMILES string of the molecule is C=CCC(N)C(=O)Nc1ccccc1OCCC. The first-order chi connectivity index (χ1) is 8.69. The van der Waals surface area contributed by atoms with E-state index in [1.54, 1.807) is 12.1 Å². The number of carbonyl (C=O) groups is 1. The first kappa shape index (κ1) is 14.3. The van der Waals surface area contributed by atoms with E-state index in [-0.39, 0.29) is 5.91 Å². The molecule has 1 unspecified atom stereocenters. The number of rotatable bonds is 7. The molecule has 0 radical (unpaired) electrons. The molecule has 0 aromatic heterocycles. The van der Waals surface area contributed by atoms with Crippen LogP contribution in [0.3, 0.4) is 0 Å². The van der Waals surface area contributed by atoms with E-state index in [9.17, 15) is 4.79 Å². The van der Waals surface area contributed by atoms with Gasteiger partial charge < -0.3 is 15.8 Å². The summed E-state index contributed by atoms with van der Waals surface area (Å²) < 4.78 is 5.55. The largest absolute Gasteiger partial charge is 0.491 e. The van der Waals surface area contributed by atoms with E-state index in [0.717, 1.165) is 6.42 Å². The minimum absolute atomic E-state index is 0.234. The van der Waals surface area contributed by atoms with E-state index in [1.807, 2.05) is 25.1 Å². The van der Waals surface area contributed by atoms with Crippen molar-refractivity contribution < 1.29 is 9.53 Å². The van der Waals surface area contributed by atoms with Gasteiger partial charge in [-0.1, -0.05) is 25.1 Å². The number of carbonyl (C=O) groups excluding carboxylic acids is 1. The molecule has 0 saturated heterocycles. The van der Waals surface area contributed by atoms with Gasteiger partial charge in [-0.05, 0) is 25.0 Å². The van der Waals surface area contributed by atoms with Crippen LogP contribution < -0.4 is 15.8 Å². The van der Waals surface area contributed by atoms with Crippen molar-refractivity contribution in [2.75, 3.05) is 11.9 Å². The molecule has 1 aromatic rings. The lowest BCUT2D eigenvalue weighted by molar-refractivity contribution is -0.117. The number of ether oxygens (including phenoxy) is 1. The molecule has 1 aromatic carbocycles. The Labute approximate surface area is 108 Å². The molecule has 0 spiro atoms. The van der Waals surface area contributed by atoms with E-state index >= 15 is 0 Å². The molecule has 1 amide bonds. The molecule has 1 rings (SSSR count). The standard InChI is InChI=1S/C14H20N2O2/c1-3-7-11(15)14(17)16-12-8-5-6-9-13(12)18-10-4-2/h3,5-6,8-9,11H,1,4,7,10,15H2,2H3,(H,16,17). The summed E-state index contributed by atoms with van der Waals surface area (Å²) in [4.78, 5) is 11.8.